The number of nitrogens with one attached hydrogen (secondary N) is 1. The van der Waals surface area contributed by atoms with Crippen molar-refractivity contribution in [2.75, 3.05) is 6.61 Å². The summed E-state index contributed by atoms with van der Waals surface area (Å²) in [7, 11) is 0. The topological polar surface area (TPSA) is 84.9 Å². The SMILES string of the molecule is CC(C)CCCCCOC(=O)CCC1C=Cc2n[nH]nc2C1=O. The van der Waals surface area contributed by atoms with Crippen molar-refractivity contribution < 1.29 is 14.3 Å². The molecular formula is C17H25N3O3. The Hall–Kier alpha value is -1.98. The first-order valence-corrected chi connectivity index (χ1v) is 8.36. The van der Waals surface area contributed by atoms with E-state index in [0.717, 1.165) is 18.8 Å². The number of aromatic amines is 1. The Morgan fingerprint density at radius 3 is 2.91 bits per heavy atom. The molecule has 0 spiro atoms. The molecule has 126 valence electrons. The van der Waals surface area contributed by atoms with Crippen LogP contribution in [0, 0.1) is 11.8 Å². The number of carbonyl (C=O) groups excluding carboxylic acids is 2. The van der Waals surface area contributed by atoms with Crippen LogP contribution >= 0.6 is 0 Å². The first kappa shape index (κ1) is 17.4. The van der Waals surface area contributed by atoms with Gasteiger partial charge in [0.2, 0.25) is 0 Å². The molecule has 1 N–H and O–H groups in total. The van der Waals surface area contributed by atoms with Gasteiger partial charge in [-0.15, -0.1) is 0 Å². The third-order valence-corrected chi connectivity index (χ3v) is 3.98. The van der Waals surface area contributed by atoms with Crippen LogP contribution in [-0.2, 0) is 9.53 Å². The van der Waals surface area contributed by atoms with Crippen molar-refractivity contribution in [3.63, 3.8) is 0 Å². The van der Waals surface area contributed by atoms with Crippen LogP contribution < -0.4 is 0 Å². The molecule has 23 heavy (non-hydrogen) atoms. The minimum Gasteiger partial charge on any atom is -0.466 e. The van der Waals surface area contributed by atoms with Crippen molar-refractivity contribution >= 4 is 17.8 Å². The molecule has 6 heteroatoms. The molecule has 0 aliphatic heterocycles. The zero-order valence-corrected chi connectivity index (χ0v) is 13.9. The van der Waals surface area contributed by atoms with E-state index in [-0.39, 0.29) is 24.1 Å². The third kappa shape index (κ3) is 5.30. The lowest BCUT2D eigenvalue weighted by atomic mass is 9.91. The highest BCUT2D eigenvalue weighted by atomic mass is 16.5. The minimum absolute atomic E-state index is 0.0854. The van der Waals surface area contributed by atoms with Crippen molar-refractivity contribution in [2.45, 2.75) is 52.4 Å². The standard InChI is InChI=1S/C17H25N3O3/c1-12(2)6-4-3-5-11-23-15(21)10-8-13-7-9-14-16(17(13)22)19-20-18-14/h7,9,12-13H,3-6,8,10-11H2,1-2H3,(H,18,19,20). The number of hydrogen-bond donors (Lipinski definition) is 1. The number of nitrogens with zero attached hydrogens (tertiary/aromatic N) is 2. The van der Waals surface area contributed by atoms with E-state index in [1.165, 1.54) is 12.8 Å². The average molecular weight is 319 g/mol. The molecule has 0 bridgehead atoms. The van der Waals surface area contributed by atoms with Crippen molar-refractivity contribution in [3.8, 4) is 0 Å². The van der Waals surface area contributed by atoms with Gasteiger partial charge in [0.25, 0.3) is 0 Å². The number of ketones is 1. The molecule has 6 nitrogen and oxygen atoms in total. The second kappa shape index (κ2) is 8.60. The predicted molar refractivity (Wildman–Crippen MR) is 86.7 cm³/mol. The van der Waals surface area contributed by atoms with E-state index >= 15 is 0 Å². The Labute approximate surface area is 136 Å². The Balaban J connectivity index is 1.61. The summed E-state index contributed by atoms with van der Waals surface area (Å²) >= 11 is 0. The quantitative estimate of drug-likeness (QED) is 0.558. The summed E-state index contributed by atoms with van der Waals surface area (Å²) in [5.41, 5.74) is 0.922. The molecule has 0 saturated heterocycles. The summed E-state index contributed by atoms with van der Waals surface area (Å²) in [6.07, 6.45) is 8.64. The summed E-state index contributed by atoms with van der Waals surface area (Å²) in [5, 5.41) is 10.2. The first-order chi connectivity index (χ1) is 11.1. The average Bonchev–Trinajstić information content (AvgIpc) is 2.99. The summed E-state index contributed by atoms with van der Waals surface area (Å²) in [6.45, 7) is 4.89. The molecule has 1 aromatic heterocycles. The van der Waals surface area contributed by atoms with Gasteiger partial charge < -0.3 is 4.74 Å². The number of aromatic nitrogens is 3. The highest BCUT2D eigenvalue weighted by Gasteiger charge is 2.27. The van der Waals surface area contributed by atoms with Crippen LogP contribution in [0.15, 0.2) is 6.08 Å². The van der Waals surface area contributed by atoms with Gasteiger partial charge in [0, 0.05) is 12.3 Å². The van der Waals surface area contributed by atoms with E-state index in [0.29, 0.717) is 24.4 Å². The van der Waals surface area contributed by atoms with Crippen molar-refractivity contribution in [1.82, 2.24) is 15.4 Å². The number of fused-ring (bicyclic) bond motifs is 1. The Morgan fingerprint density at radius 1 is 1.30 bits per heavy atom. The van der Waals surface area contributed by atoms with Gasteiger partial charge in [-0.1, -0.05) is 39.2 Å². The molecule has 1 aliphatic carbocycles. The lowest BCUT2D eigenvalue weighted by molar-refractivity contribution is -0.143. The monoisotopic (exact) mass is 319 g/mol. The van der Waals surface area contributed by atoms with E-state index in [4.69, 9.17) is 4.74 Å². The number of carbonyl (C=O) groups is 2. The number of rotatable bonds is 9. The van der Waals surface area contributed by atoms with Gasteiger partial charge in [-0.05, 0) is 24.8 Å². The zero-order valence-electron chi connectivity index (χ0n) is 13.9. The van der Waals surface area contributed by atoms with E-state index in [9.17, 15) is 9.59 Å². The van der Waals surface area contributed by atoms with E-state index in [1.807, 2.05) is 0 Å². The molecule has 0 radical (unpaired) electrons. The molecule has 1 atom stereocenters. The van der Waals surface area contributed by atoms with Crippen LogP contribution in [0.1, 0.15) is 68.6 Å². The van der Waals surface area contributed by atoms with Crippen LogP contribution in [0.5, 0.6) is 0 Å². The normalized spacial score (nSPS) is 16.7. The number of Topliss-reactive ketones (excluding diaryl/α,β-unsaturated/α-hetero) is 1. The van der Waals surface area contributed by atoms with Gasteiger partial charge in [0.05, 0.1) is 6.61 Å². The molecule has 0 saturated carbocycles. The molecule has 1 aromatic rings. The number of H-pyrrole nitrogens is 1. The summed E-state index contributed by atoms with van der Waals surface area (Å²) in [4.78, 5) is 23.9. The van der Waals surface area contributed by atoms with Gasteiger partial charge in [-0.25, -0.2) is 0 Å². The highest BCUT2D eigenvalue weighted by Crippen LogP contribution is 2.23. The molecule has 2 rings (SSSR count). The number of ether oxygens (including phenoxy) is 1. The van der Waals surface area contributed by atoms with Crippen LogP contribution in [-0.4, -0.2) is 33.8 Å². The van der Waals surface area contributed by atoms with E-state index < -0.39 is 0 Å². The van der Waals surface area contributed by atoms with E-state index in [2.05, 4.69) is 29.3 Å². The second-order valence-corrected chi connectivity index (χ2v) is 6.39. The molecular weight excluding hydrogens is 294 g/mol. The maximum Gasteiger partial charge on any atom is 0.305 e. The molecule has 0 amide bonds. The van der Waals surface area contributed by atoms with E-state index in [1.54, 1.807) is 12.2 Å². The summed E-state index contributed by atoms with van der Waals surface area (Å²) in [6, 6.07) is 0. The molecule has 1 heterocycles. The molecule has 1 unspecified atom stereocenters. The lowest BCUT2D eigenvalue weighted by Gasteiger charge is -2.13. The first-order valence-electron chi connectivity index (χ1n) is 8.36. The van der Waals surface area contributed by atoms with Crippen LogP contribution in [0.3, 0.4) is 0 Å². The van der Waals surface area contributed by atoms with Crippen LogP contribution in [0.4, 0.5) is 0 Å². The van der Waals surface area contributed by atoms with Gasteiger partial charge in [-0.3, -0.25) is 9.59 Å². The Bertz CT molecular complexity index is 563. The van der Waals surface area contributed by atoms with Crippen LogP contribution in [0.2, 0.25) is 0 Å². The van der Waals surface area contributed by atoms with Gasteiger partial charge in [-0.2, -0.15) is 15.4 Å². The van der Waals surface area contributed by atoms with Gasteiger partial charge in [0.15, 0.2) is 11.5 Å². The third-order valence-electron chi connectivity index (χ3n) is 3.98. The molecule has 1 aliphatic rings. The van der Waals surface area contributed by atoms with Crippen molar-refractivity contribution in [3.05, 3.63) is 17.5 Å². The number of allylic oxidation sites excluding steroid dienone is 1. The summed E-state index contributed by atoms with van der Waals surface area (Å²) in [5.74, 6) is 0.0915. The van der Waals surface area contributed by atoms with Gasteiger partial charge >= 0.3 is 5.97 Å². The lowest BCUT2D eigenvalue weighted by Crippen LogP contribution is -2.19. The van der Waals surface area contributed by atoms with Crippen LogP contribution in [0.25, 0.3) is 6.08 Å². The van der Waals surface area contributed by atoms with Crippen molar-refractivity contribution in [1.29, 1.82) is 0 Å². The minimum atomic E-state index is -0.314. The largest absolute Gasteiger partial charge is 0.466 e. The maximum atomic E-state index is 12.2. The number of esters is 1. The van der Waals surface area contributed by atoms with Crippen molar-refractivity contribution in [2.24, 2.45) is 11.8 Å². The molecule has 0 fully saturated rings. The smallest absolute Gasteiger partial charge is 0.305 e. The fourth-order valence-electron chi connectivity index (χ4n) is 2.60. The Kier molecular flexibility index (Phi) is 6.50. The second-order valence-electron chi connectivity index (χ2n) is 6.39. The fourth-order valence-corrected chi connectivity index (χ4v) is 2.60. The molecule has 0 aromatic carbocycles. The zero-order chi connectivity index (χ0) is 16.7. The number of unbranched alkanes of at least 4 members (excludes halogenated alkanes) is 2. The Morgan fingerprint density at radius 2 is 2.13 bits per heavy atom. The summed E-state index contributed by atoms with van der Waals surface area (Å²) < 4.78 is 5.22. The maximum absolute atomic E-state index is 12.2. The van der Waals surface area contributed by atoms with Gasteiger partial charge in [0.1, 0.15) is 5.69 Å². The fraction of sp³-hybridized carbons (Fsp3) is 0.647. The highest BCUT2D eigenvalue weighted by molar-refractivity contribution is 6.02. The predicted octanol–water partition coefficient (Wildman–Crippen LogP) is 3.17. The number of hydrogen-bond acceptors (Lipinski definition) is 5.